The van der Waals surface area contributed by atoms with Gasteiger partial charge in [-0.3, -0.25) is 0 Å². The van der Waals surface area contributed by atoms with Crippen LogP contribution in [0.4, 0.5) is 0 Å². The molecule has 0 bridgehead atoms. The number of terminal acetylenes is 1. The van der Waals surface area contributed by atoms with Gasteiger partial charge in [0.1, 0.15) is 0 Å². The first-order valence-electron chi connectivity index (χ1n) is 2.85. The van der Waals surface area contributed by atoms with Gasteiger partial charge in [0.2, 0.25) is 0 Å². The summed E-state index contributed by atoms with van der Waals surface area (Å²) in [6.07, 6.45) is 13.2. The van der Waals surface area contributed by atoms with Crippen LogP contribution in [-0.4, -0.2) is 0 Å². The summed E-state index contributed by atoms with van der Waals surface area (Å²) in [6, 6.07) is 0. The Kier molecular flexibility index (Phi) is 1.55. The first-order chi connectivity index (χ1) is 4.34. The van der Waals surface area contributed by atoms with Crippen LogP contribution in [0.3, 0.4) is 0 Å². The fourth-order valence-corrected chi connectivity index (χ4v) is 0.760. The lowest BCUT2D eigenvalue weighted by Gasteiger charge is -1.99. The highest BCUT2D eigenvalue weighted by Crippen LogP contribution is 2.15. The van der Waals surface area contributed by atoms with E-state index in [0.29, 0.717) is 0 Å². The Morgan fingerprint density at radius 1 is 1.44 bits per heavy atom. The van der Waals surface area contributed by atoms with Crippen molar-refractivity contribution in [1.82, 2.24) is 0 Å². The number of rotatable bonds is 1. The molecule has 44 valence electrons. The van der Waals surface area contributed by atoms with Gasteiger partial charge in [0, 0.05) is 11.5 Å². The van der Waals surface area contributed by atoms with E-state index in [0.717, 1.165) is 5.57 Å². The maximum atomic E-state index is 5.13. The molecule has 0 saturated carbocycles. The van der Waals surface area contributed by atoms with Crippen LogP contribution >= 0.6 is 0 Å². The highest BCUT2D eigenvalue weighted by atomic mass is 14.1. The molecular weight excluding hydrogens is 108 g/mol. The van der Waals surface area contributed by atoms with E-state index in [-0.39, 0.29) is 5.92 Å². The van der Waals surface area contributed by atoms with Crippen molar-refractivity contribution in [3.63, 3.8) is 0 Å². The molecule has 0 unspecified atom stereocenters. The van der Waals surface area contributed by atoms with E-state index in [9.17, 15) is 0 Å². The Hall–Kier alpha value is -1.22. The van der Waals surface area contributed by atoms with Gasteiger partial charge in [-0.15, -0.1) is 6.42 Å². The maximum Gasteiger partial charge on any atom is 0.0278 e. The highest BCUT2D eigenvalue weighted by Gasteiger charge is 2.03. The van der Waals surface area contributed by atoms with Crippen molar-refractivity contribution in [2.45, 2.75) is 0 Å². The molecule has 0 aliphatic heterocycles. The van der Waals surface area contributed by atoms with Crippen LogP contribution in [0.1, 0.15) is 0 Å². The van der Waals surface area contributed by atoms with E-state index >= 15 is 0 Å². The topological polar surface area (TPSA) is 0 Å². The van der Waals surface area contributed by atoms with E-state index in [1.54, 1.807) is 0 Å². The molecule has 1 rings (SSSR count). The average molecular weight is 116 g/mol. The van der Waals surface area contributed by atoms with Crippen molar-refractivity contribution in [3.05, 3.63) is 36.5 Å². The average Bonchev–Trinajstić information content (AvgIpc) is 2.37. The Morgan fingerprint density at radius 2 is 2.00 bits per heavy atom. The van der Waals surface area contributed by atoms with Gasteiger partial charge in [-0.1, -0.05) is 36.8 Å². The lowest BCUT2D eigenvalue weighted by atomic mass is 10.0. The summed E-state index contributed by atoms with van der Waals surface area (Å²) >= 11 is 0. The minimum absolute atomic E-state index is 0.287. The van der Waals surface area contributed by atoms with Gasteiger partial charge < -0.3 is 0 Å². The molecule has 0 amide bonds. The summed E-state index contributed by atoms with van der Waals surface area (Å²) in [5.41, 5.74) is 0.833. The van der Waals surface area contributed by atoms with E-state index in [1.165, 1.54) is 0 Å². The Balaban J connectivity index is 2.67. The monoisotopic (exact) mass is 116 g/mol. The van der Waals surface area contributed by atoms with Crippen molar-refractivity contribution < 1.29 is 0 Å². The normalized spacial score (nSPS) is 15.9. The predicted octanol–water partition coefficient (Wildman–Crippen LogP) is 1.92. The third-order valence-electron chi connectivity index (χ3n) is 1.34. The predicted molar refractivity (Wildman–Crippen MR) is 39.7 cm³/mol. The molecule has 0 radical (unpaired) electrons. The molecule has 1 aliphatic carbocycles. The zero-order chi connectivity index (χ0) is 6.69. The van der Waals surface area contributed by atoms with Gasteiger partial charge in [0.05, 0.1) is 0 Å². The zero-order valence-electron chi connectivity index (χ0n) is 5.17. The van der Waals surface area contributed by atoms with E-state index in [2.05, 4.69) is 12.5 Å². The molecule has 1 aliphatic rings. The molecule has 0 aromatic carbocycles. The molecule has 0 aromatic rings. The fourth-order valence-electron chi connectivity index (χ4n) is 0.760. The van der Waals surface area contributed by atoms with Crippen molar-refractivity contribution in [3.8, 4) is 12.3 Å². The van der Waals surface area contributed by atoms with Crippen molar-refractivity contribution in [2.24, 2.45) is 5.92 Å². The third kappa shape index (κ3) is 1.12. The summed E-state index contributed by atoms with van der Waals surface area (Å²) in [6.45, 7) is 3.72. The lowest BCUT2D eigenvalue weighted by Crippen LogP contribution is -1.89. The second-order valence-electron chi connectivity index (χ2n) is 1.97. The molecule has 0 N–H and O–H groups in total. The van der Waals surface area contributed by atoms with Crippen molar-refractivity contribution >= 4 is 0 Å². The second kappa shape index (κ2) is 2.37. The fraction of sp³-hybridized carbons (Fsp3) is 0.111. The maximum absolute atomic E-state index is 5.13. The first kappa shape index (κ1) is 5.91. The van der Waals surface area contributed by atoms with Crippen molar-refractivity contribution in [2.75, 3.05) is 0 Å². The molecule has 0 saturated heterocycles. The van der Waals surface area contributed by atoms with Gasteiger partial charge in [0.15, 0.2) is 0 Å². The number of hydrogen-bond donors (Lipinski definition) is 0. The molecular formula is C9H8. The van der Waals surface area contributed by atoms with E-state index in [4.69, 9.17) is 6.42 Å². The largest absolute Gasteiger partial charge is 0.115 e. The summed E-state index contributed by atoms with van der Waals surface area (Å²) in [5, 5.41) is 0. The van der Waals surface area contributed by atoms with Crippen LogP contribution in [0.25, 0.3) is 0 Å². The minimum atomic E-state index is 0.287. The summed E-state index contributed by atoms with van der Waals surface area (Å²) < 4.78 is 0. The number of allylic oxidation sites excluding steroid dienone is 5. The molecule has 0 nitrogen and oxygen atoms in total. The SMILES string of the molecule is C#CC(=C)C1C=CC=C1. The summed E-state index contributed by atoms with van der Waals surface area (Å²) in [5.74, 6) is 2.80. The smallest absolute Gasteiger partial charge is 0.0278 e. The molecule has 0 heteroatoms. The highest BCUT2D eigenvalue weighted by molar-refractivity contribution is 5.36. The zero-order valence-corrected chi connectivity index (χ0v) is 5.17. The first-order valence-corrected chi connectivity index (χ1v) is 2.85. The van der Waals surface area contributed by atoms with Gasteiger partial charge in [-0.05, 0) is 0 Å². The Labute approximate surface area is 55.6 Å². The van der Waals surface area contributed by atoms with Gasteiger partial charge in [-0.25, -0.2) is 0 Å². The second-order valence-corrected chi connectivity index (χ2v) is 1.97. The summed E-state index contributed by atoms with van der Waals surface area (Å²) in [4.78, 5) is 0. The van der Waals surface area contributed by atoms with Crippen LogP contribution in [0.2, 0.25) is 0 Å². The van der Waals surface area contributed by atoms with Gasteiger partial charge >= 0.3 is 0 Å². The molecule has 9 heavy (non-hydrogen) atoms. The van der Waals surface area contributed by atoms with Crippen LogP contribution in [0, 0.1) is 18.3 Å². The van der Waals surface area contributed by atoms with Gasteiger partial charge in [0.25, 0.3) is 0 Å². The standard InChI is InChI=1S/C9H8/c1-3-8(2)9-6-4-5-7-9/h1,4-7,9H,2H2. The lowest BCUT2D eigenvalue weighted by molar-refractivity contribution is 1.05. The van der Waals surface area contributed by atoms with Crippen LogP contribution in [0.5, 0.6) is 0 Å². The quantitative estimate of drug-likeness (QED) is 0.459. The molecule has 0 aromatic heterocycles. The molecule has 0 atom stereocenters. The van der Waals surface area contributed by atoms with Crippen LogP contribution in [0.15, 0.2) is 36.5 Å². The van der Waals surface area contributed by atoms with Gasteiger partial charge in [-0.2, -0.15) is 0 Å². The third-order valence-corrected chi connectivity index (χ3v) is 1.34. The number of hydrogen-bond acceptors (Lipinski definition) is 0. The molecule has 0 heterocycles. The van der Waals surface area contributed by atoms with Crippen molar-refractivity contribution in [1.29, 1.82) is 0 Å². The van der Waals surface area contributed by atoms with E-state index < -0.39 is 0 Å². The minimum Gasteiger partial charge on any atom is -0.115 e. The Bertz CT molecular complexity index is 199. The Morgan fingerprint density at radius 3 is 2.44 bits per heavy atom. The van der Waals surface area contributed by atoms with Crippen LogP contribution in [-0.2, 0) is 0 Å². The summed E-state index contributed by atoms with van der Waals surface area (Å²) in [7, 11) is 0. The molecule has 0 spiro atoms. The van der Waals surface area contributed by atoms with E-state index in [1.807, 2.05) is 24.3 Å². The van der Waals surface area contributed by atoms with Crippen LogP contribution < -0.4 is 0 Å². The molecule has 0 fully saturated rings.